The molecule has 0 saturated carbocycles. The van der Waals surface area contributed by atoms with Crippen LogP contribution in [0, 0.1) is 0 Å². The van der Waals surface area contributed by atoms with Gasteiger partial charge in [-0.25, -0.2) is 8.42 Å². The second-order valence-electron chi connectivity index (χ2n) is 7.21. The van der Waals surface area contributed by atoms with Crippen molar-refractivity contribution in [3.63, 3.8) is 0 Å². The van der Waals surface area contributed by atoms with E-state index in [1.54, 1.807) is 53.4 Å². The summed E-state index contributed by atoms with van der Waals surface area (Å²) in [5.41, 5.74) is 5.50. The first kappa shape index (κ1) is 23.6. The van der Waals surface area contributed by atoms with Crippen molar-refractivity contribution >= 4 is 21.7 Å². The van der Waals surface area contributed by atoms with E-state index >= 15 is 0 Å². The Labute approximate surface area is 187 Å². The molecular weight excluding hydrogens is 434 g/mol. The lowest BCUT2D eigenvalue weighted by atomic mass is 10.0. The number of hydrogen-bond donors (Lipinski definition) is 2. The molecule has 0 bridgehead atoms. The van der Waals surface area contributed by atoms with E-state index in [2.05, 4.69) is 10.9 Å². The summed E-state index contributed by atoms with van der Waals surface area (Å²) >= 11 is 0. The summed E-state index contributed by atoms with van der Waals surface area (Å²) in [5.74, 6) is -0.0775. The van der Waals surface area contributed by atoms with E-state index in [4.69, 9.17) is 9.47 Å². The molecule has 2 amide bonds. The van der Waals surface area contributed by atoms with Crippen molar-refractivity contribution in [2.24, 2.45) is 0 Å². The van der Waals surface area contributed by atoms with Gasteiger partial charge < -0.3 is 9.47 Å². The van der Waals surface area contributed by atoms with Gasteiger partial charge in [0.15, 0.2) is 27.9 Å². The fourth-order valence-corrected chi connectivity index (χ4v) is 4.60. The SMILES string of the molecule is CCOc1ccccc1OCC(=O)NNC(=O)C(c1ccccc1)N1CCS(=O)(=O)CC1. The third kappa shape index (κ3) is 6.44. The topological polar surface area (TPSA) is 114 Å². The Bertz CT molecular complexity index is 1010. The van der Waals surface area contributed by atoms with Gasteiger partial charge in [0.05, 0.1) is 18.1 Å². The van der Waals surface area contributed by atoms with Crippen molar-refractivity contribution in [1.82, 2.24) is 15.8 Å². The zero-order valence-corrected chi connectivity index (χ0v) is 18.6. The lowest BCUT2D eigenvalue weighted by molar-refractivity contribution is -0.133. The number of carbonyl (C=O) groups is 2. The Balaban J connectivity index is 1.59. The molecule has 0 radical (unpaired) electrons. The standard InChI is InChI=1S/C22H27N3O6S/c1-2-30-18-10-6-7-11-19(18)31-16-20(26)23-24-22(27)21(17-8-4-3-5-9-17)25-12-14-32(28,29)15-13-25/h3-11,21H,2,12-16H2,1H3,(H,23,26)(H,24,27). The molecule has 0 aliphatic carbocycles. The van der Waals surface area contributed by atoms with Crippen molar-refractivity contribution in [2.45, 2.75) is 13.0 Å². The lowest BCUT2D eigenvalue weighted by Gasteiger charge is -2.33. The molecule has 9 nitrogen and oxygen atoms in total. The highest BCUT2D eigenvalue weighted by Gasteiger charge is 2.32. The first-order valence-electron chi connectivity index (χ1n) is 10.3. The number of ether oxygens (including phenoxy) is 2. The molecule has 2 aromatic rings. The van der Waals surface area contributed by atoms with Crippen molar-refractivity contribution in [3.05, 3.63) is 60.2 Å². The highest BCUT2D eigenvalue weighted by atomic mass is 32.2. The highest BCUT2D eigenvalue weighted by molar-refractivity contribution is 7.91. The Kier molecular flexibility index (Phi) is 8.07. The number of rotatable bonds is 8. The summed E-state index contributed by atoms with van der Waals surface area (Å²) in [6.45, 7) is 2.46. The molecular formula is C22H27N3O6S. The average Bonchev–Trinajstić information content (AvgIpc) is 2.79. The van der Waals surface area contributed by atoms with Crippen LogP contribution in [-0.4, -0.2) is 62.9 Å². The molecule has 1 aliphatic heterocycles. The van der Waals surface area contributed by atoms with Gasteiger partial charge in [0, 0.05) is 13.1 Å². The van der Waals surface area contributed by atoms with Crippen molar-refractivity contribution < 1.29 is 27.5 Å². The smallest absolute Gasteiger partial charge is 0.276 e. The minimum Gasteiger partial charge on any atom is -0.490 e. The molecule has 2 aromatic carbocycles. The second kappa shape index (κ2) is 11.0. The van der Waals surface area contributed by atoms with Crippen LogP contribution >= 0.6 is 0 Å². The van der Waals surface area contributed by atoms with Crippen LogP contribution < -0.4 is 20.3 Å². The minimum absolute atomic E-state index is 0.0109. The van der Waals surface area contributed by atoms with Crippen molar-refractivity contribution in [2.75, 3.05) is 37.8 Å². The third-order valence-corrected chi connectivity index (χ3v) is 6.55. The molecule has 1 atom stereocenters. The molecule has 1 saturated heterocycles. The van der Waals surface area contributed by atoms with Gasteiger partial charge in [-0.2, -0.15) is 0 Å². The van der Waals surface area contributed by atoms with Gasteiger partial charge in [0.1, 0.15) is 6.04 Å². The third-order valence-electron chi connectivity index (χ3n) is 4.94. The summed E-state index contributed by atoms with van der Waals surface area (Å²) < 4.78 is 34.5. The number of nitrogens with one attached hydrogen (secondary N) is 2. The second-order valence-corrected chi connectivity index (χ2v) is 9.51. The van der Waals surface area contributed by atoms with Crippen LogP contribution in [0.2, 0.25) is 0 Å². The maximum Gasteiger partial charge on any atom is 0.276 e. The lowest BCUT2D eigenvalue weighted by Crippen LogP contribution is -2.52. The van der Waals surface area contributed by atoms with Crippen LogP contribution in [0.25, 0.3) is 0 Å². The Morgan fingerprint density at radius 3 is 2.16 bits per heavy atom. The van der Waals surface area contributed by atoms with Crippen molar-refractivity contribution in [1.29, 1.82) is 0 Å². The summed E-state index contributed by atoms with van der Waals surface area (Å²) in [7, 11) is -3.09. The van der Waals surface area contributed by atoms with Gasteiger partial charge in [0.2, 0.25) is 0 Å². The number of nitrogens with zero attached hydrogens (tertiary/aromatic N) is 1. The summed E-state index contributed by atoms with van der Waals surface area (Å²) in [6.07, 6.45) is 0. The van der Waals surface area contributed by atoms with E-state index in [1.807, 2.05) is 13.0 Å². The maximum absolute atomic E-state index is 12.9. The molecule has 172 valence electrons. The van der Waals surface area contributed by atoms with Crippen LogP contribution in [-0.2, 0) is 19.4 Å². The first-order chi connectivity index (χ1) is 15.4. The van der Waals surface area contributed by atoms with E-state index in [0.717, 1.165) is 0 Å². The molecule has 1 heterocycles. The van der Waals surface area contributed by atoms with Gasteiger partial charge in [-0.1, -0.05) is 42.5 Å². The fourth-order valence-electron chi connectivity index (χ4n) is 3.37. The molecule has 1 aliphatic rings. The van der Waals surface area contributed by atoms with Crippen LogP contribution in [0.5, 0.6) is 11.5 Å². The van der Waals surface area contributed by atoms with Crippen molar-refractivity contribution in [3.8, 4) is 11.5 Å². The van der Waals surface area contributed by atoms with Gasteiger partial charge in [-0.05, 0) is 24.6 Å². The van der Waals surface area contributed by atoms with E-state index in [9.17, 15) is 18.0 Å². The number of amides is 2. The monoisotopic (exact) mass is 461 g/mol. The zero-order chi connectivity index (χ0) is 23.0. The number of hydrazine groups is 1. The number of benzene rings is 2. The Morgan fingerprint density at radius 1 is 0.938 bits per heavy atom. The predicted octanol–water partition coefficient (Wildman–Crippen LogP) is 1.08. The van der Waals surface area contributed by atoms with E-state index in [-0.39, 0.29) is 31.2 Å². The zero-order valence-electron chi connectivity index (χ0n) is 17.8. The molecule has 0 spiro atoms. The first-order valence-corrected chi connectivity index (χ1v) is 12.1. The molecule has 1 fully saturated rings. The van der Waals surface area contributed by atoms with E-state index in [1.165, 1.54) is 0 Å². The molecule has 1 unspecified atom stereocenters. The van der Waals surface area contributed by atoms with E-state index < -0.39 is 27.7 Å². The molecule has 3 rings (SSSR count). The summed E-state index contributed by atoms with van der Waals surface area (Å²) in [4.78, 5) is 27.0. The largest absolute Gasteiger partial charge is 0.490 e. The van der Waals surface area contributed by atoms with Gasteiger partial charge >= 0.3 is 0 Å². The number of hydrogen-bond acceptors (Lipinski definition) is 7. The number of sulfone groups is 1. The van der Waals surface area contributed by atoms with Crippen LogP contribution in [0.1, 0.15) is 18.5 Å². The van der Waals surface area contributed by atoms with Crippen LogP contribution in [0.3, 0.4) is 0 Å². The predicted molar refractivity (Wildman–Crippen MR) is 119 cm³/mol. The highest BCUT2D eigenvalue weighted by Crippen LogP contribution is 2.26. The van der Waals surface area contributed by atoms with E-state index in [0.29, 0.717) is 23.7 Å². The summed E-state index contributed by atoms with van der Waals surface area (Å²) in [6, 6.07) is 15.3. The van der Waals surface area contributed by atoms with Gasteiger partial charge in [-0.3, -0.25) is 25.3 Å². The average molecular weight is 462 g/mol. The quantitative estimate of drug-likeness (QED) is 0.566. The molecule has 2 N–H and O–H groups in total. The molecule has 0 aromatic heterocycles. The molecule has 32 heavy (non-hydrogen) atoms. The maximum atomic E-state index is 12.9. The van der Waals surface area contributed by atoms with Gasteiger partial charge in [-0.15, -0.1) is 0 Å². The van der Waals surface area contributed by atoms with Crippen LogP contribution in [0.15, 0.2) is 54.6 Å². The number of carbonyl (C=O) groups excluding carboxylic acids is 2. The fraction of sp³-hybridized carbons (Fsp3) is 0.364. The minimum atomic E-state index is -3.09. The normalized spacial score (nSPS) is 16.5. The Morgan fingerprint density at radius 2 is 1.53 bits per heavy atom. The Hall–Kier alpha value is -3.11. The number of para-hydroxylation sites is 2. The van der Waals surface area contributed by atoms with Gasteiger partial charge in [0.25, 0.3) is 11.8 Å². The summed E-state index contributed by atoms with van der Waals surface area (Å²) in [5, 5.41) is 0. The van der Waals surface area contributed by atoms with Crippen LogP contribution in [0.4, 0.5) is 0 Å². The molecule has 10 heteroatoms.